The molecule has 0 saturated heterocycles. The lowest BCUT2D eigenvalue weighted by Gasteiger charge is -2.19. The standard InChI is InChI=1S/C21H21NO3/c1-14(2)13-22-19-7-5-4-6-17(19)18(20(22)23)12-15-8-10-16(11-9-15)21(24)25-3/h4-12,14H,13H2,1-3H3/b18-12-. The van der Waals surface area contributed by atoms with Crippen molar-refractivity contribution < 1.29 is 14.3 Å². The number of esters is 1. The van der Waals surface area contributed by atoms with Crippen LogP contribution < -0.4 is 4.90 Å². The number of methoxy groups -OCH3 is 1. The SMILES string of the molecule is COC(=O)c1ccc(/C=C2\C(=O)N(CC(C)C)c3ccccc32)cc1. The van der Waals surface area contributed by atoms with Crippen molar-refractivity contribution in [2.24, 2.45) is 5.92 Å². The van der Waals surface area contributed by atoms with Gasteiger partial charge in [0.2, 0.25) is 0 Å². The molecule has 0 unspecified atom stereocenters. The summed E-state index contributed by atoms with van der Waals surface area (Å²) in [5, 5.41) is 0. The lowest BCUT2D eigenvalue weighted by molar-refractivity contribution is -0.113. The van der Waals surface area contributed by atoms with Crippen molar-refractivity contribution in [3.8, 4) is 0 Å². The van der Waals surface area contributed by atoms with E-state index in [1.165, 1.54) is 7.11 Å². The maximum atomic E-state index is 12.9. The highest BCUT2D eigenvalue weighted by atomic mass is 16.5. The van der Waals surface area contributed by atoms with Crippen molar-refractivity contribution in [2.75, 3.05) is 18.6 Å². The number of para-hydroxylation sites is 1. The maximum Gasteiger partial charge on any atom is 0.337 e. The van der Waals surface area contributed by atoms with Crippen molar-refractivity contribution in [2.45, 2.75) is 13.8 Å². The van der Waals surface area contributed by atoms with E-state index in [0.717, 1.165) is 16.8 Å². The molecule has 0 radical (unpaired) electrons. The normalized spacial score (nSPS) is 15.0. The summed E-state index contributed by atoms with van der Waals surface area (Å²) < 4.78 is 4.71. The van der Waals surface area contributed by atoms with Gasteiger partial charge in [-0.2, -0.15) is 0 Å². The highest BCUT2D eigenvalue weighted by Gasteiger charge is 2.32. The zero-order valence-corrected chi connectivity index (χ0v) is 14.7. The number of carbonyl (C=O) groups excluding carboxylic acids is 2. The summed E-state index contributed by atoms with van der Waals surface area (Å²) in [6, 6.07) is 14.9. The molecule has 1 aliphatic rings. The third kappa shape index (κ3) is 3.33. The number of fused-ring (bicyclic) bond motifs is 1. The van der Waals surface area contributed by atoms with Gasteiger partial charge in [-0.3, -0.25) is 4.79 Å². The Bertz CT molecular complexity index is 834. The van der Waals surface area contributed by atoms with E-state index in [4.69, 9.17) is 4.74 Å². The van der Waals surface area contributed by atoms with Gasteiger partial charge in [0.1, 0.15) is 0 Å². The summed E-state index contributed by atoms with van der Waals surface area (Å²) >= 11 is 0. The third-order valence-electron chi connectivity index (χ3n) is 4.15. The van der Waals surface area contributed by atoms with Crippen molar-refractivity contribution in [3.05, 3.63) is 65.2 Å². The summed E-state index contributed by atoms with van der Waals surface area (Å²) in [7, 11) is 1.36. The van der Waals surface area contributed by atoms with Crippen molar-refractivity contribution in [3.63, 3.8) is 0 Å². The topological polar surface area (TPSA) is 46.6 Å². The first-order valence-electron chi connectivity index (χ1n) is 8.32. The molecule has 2 aromatic carbocycles. The second kappa shape index (κ2) is 6.93. The molecule has 0 atom stereocenters. The molecule has 2 aromatic rings. The van der Waals surface area contributed by atoms with Crippen LogP contribution in [0.15, 0.2) is 48.5 Å². The van der Waals surface area contributed by atoms with Crippen LogP contribution in [0.4, 0.5) is 5.69 Å². The number of rotatable bonds is 4. The molecule has 4 heteroatoms. The fraction of sp³-hybridized carbons (Fsp3) is 0.238. The van der Waals surface area contributed by atoms with Gasteiger partial charge in [0, 0.05) is 17.7 Å². The predicted octanol–water partition coefficient (Wildman–Crippen LogP) is 4.02. The van der Waals surface area contributed by atoms with Gasteiger partial charge in [-0.15, -0.1) is 0 Å². The molecule has 0 aromatic heterocycles. The van der Waals surface area contributed by atoms with Crippen molar-refractivity contribution in [1.82, 2.24) is 0 Å². The monoisotopic (exact) mass is 335 g/mol. The highest BCUT2D eigenvalue weighted by molar-refractivity contribution is 6.35. The summed E-state index contributed by atoms with van der Waals surface area (Å²) in [6.07, 6.45) is 1.88. The number of amides is 1. The number of anilines is 1. The number of carbonyl (C=O) groups is 2. The van der Waals surface area contributed by atoms with Crippen LogP contribution in [0, 0.1) is 5.92 Å². The predicted molar refractivity (Wildman–Crippen MR) is 99.3 cm³/mol. The molecule has 0 saturated carbocycles. The number of nitrogens with zero attached hydrogens (tertiary/aromatic N) is 1. The Morgan fingerprint density at radius 2 is 1.80 bits per heavy atom. The van der Waals surface area contributed by atoms with Crippen LogP contribution in [0.1, 0.15) is 35.3 Å². The minimum Gasteiger partial charge on any atom is -0.465 e. The number of ether oxygens (including phenoxy) is 1. The van der Waals surface area contributed by atoms with Crippen LogP contribution in [0.5, 0.6) is 0 Å². The zero-order chi connectivity index (χ0) is 18.0. The third-order valence-corrected chi connectivity index (χ3v) is 4.15. The minimum atomic E-state index is -0.371. The van der Waals surface area contributed by atoms with Gasteiger partial charge >= 0.3 is 5.97 Å². The summed E-state index contributed by atoms with van der Waals surface area (Å²) in [6.45, 7) is 4.89. The Morgan fingerprint density at radius 1 is 1.12 bits per heavy atom. The van der Waals surface area contributed by atoms with Gasteiger partial charge in [0.25, 0.3) is 5.91 Å². The molecule has 4 nitrogen and oxygen atoms in total. The van der Waals surface area contributed by atoms with Gasteiger partial charge in [0.15, 0.2) is 0 Å². The highest BCUT2D eigenvalue weighted by Crippen LogP contribution is 2.37. The molecule has 1 amide bonds. The van der Waals surface area contributed by atoms with E-state index in [2.05, 4.69) is 13.8 Å². The van der Waals surface area contributed by atoms with Crippen LogP contribution in [0.3, 0.4) is 0 Å². The summed E-state index contributed by atoms with van der Waals surface area (Å²) in [4.78, 5) is 26.3. The Kier molecular flexibility index (Phi) is 4.70. The van der Waals surface area contributed by atoms with Gasteiger partial charge in [-0.05, 0) is 35.8 Å². The molecule has 0 aliphatic carbocycles. The number of benzene rings is 2. The van der Waals surface area contributed by atoms with Crippen LogP contribution in [0.25, 0.3) is 11.6 Å². The maximum absolute atomic E-state index is 12.9. The van der Waals surface area contributed by atoms with Gasteiger partial charge in [-0.25, -0.2) is 4.79 Å². The van der Waals surface area contributed by atoms with Crippen molar-refractivity contribution in [1.29, 1.82) is 0 Å². The second-order valence-corrected chi connectivity index (χ2v) is 6.50. The van der Waals surface area contributed by atoms with E-state index in [9.17, 15) is 9.59 Å². The first-order valence-corrected chi connectivity index (χ1v) is 8.32. The Hall–Kier alpha value is -2.88. The average Bonchev–Trinajstić information content (AvgIpc) is 2.87. The van der Waals surface area contributed by atoms with Crippen LogP contribution in [-0.2, 0) is 9.53 Å². The van der Waals surface area contributed by atoms with E-state index < -0.39 is 0 Å². The van der Waals surface area contributed by atoms with E-state index in [1.54, 1.807) is 12.1 Å². The summed E-state index contributed by atoms with van der Waals surface area (Å²) in [5.74, 6) is 0.0345. The van der Waals surface area contributed by atoms with Crippen molar-refractivity contribution >= 4 is 29.2 Å². The molecule has 3 rings (SSSR count). The van der Waals surface area contributed by atoms with E-state index >= 15 is 0 Å². The largest absolute Gasteiger partial charge is 0.465 e. The molecular formula is C21H21NO3. The second-order valence-electron chi connectivity index (χ2n) is 6.50. The molecular weight excluding hydrogens is 314 g/mol. The first-order chi connectivity index (χ1) is 12.0. The fourth-order valence-corrected chi connectivity index (χ4v) is 2.99. The minimum absolute atomic E-state index is 0.0203. The Labute approximate surface area is 147 Å². The Balaban J connectivity index is 1.97. The Morgan fingerprint density at radius 3 is 2.44 bits per heavy atom. The van der Waals surface area contributed by atoms with Crippen LogP contribution in [-0.4, -0.2) is 25.5 Å². The molecule has 1 aliphatic heterocycles. The van der Waals surface area contributed by atoms with E-state index in [-0.39, 0.29) is 11.9 Å². The quantitative estimate of drug-likeness (QED) is 0.626. The van der Waals surface area contributed by atoms with Gasteiger partial charge < -0.3 is 9.64 Å². The lowest BCUT2D eigenvalue weighted by Crippen LogP contribution is -2.30. The number of hydrogen-bond donors (Lipinski definition) is 0. The average molecular weight is 335 g/mol. The molecule has 0 fully saturated rings. The molecule has 1 heterocycles. The van der Waals surface area contributed by atoms with E-state index in [0.29, 0.717) is 23.6 Å². The van der Waals surface area contributed by atoms with Crippen LogP contribution >= 0.6 is 0 Å². The van der Waals surface area contributed by atoms with Gasteiger partial charge in [0.05, 0.1) is 18.4 Å². The molecule has 25 heavy (non-hydrogen) atoms. The van der Waals surface area contributed by atoms with Gasteiger partial charge in [-0.1, -0.05) is 44.2 Å². The molecule has 0 N–H and O–H groups in total. The smallest absolute Gasteiger partial charge is 0.337 e. The van der Waals surface area contributed by atoms with E-state index in [1.807, 2.05) is 47.4 Å². The number of hydrogen-bond acceptors (Lipinski definition) is 3. The molecule has 0 bridgehead atoms. The summed E-state index contributed by atoms with van der Waals surface area (Å²) in [5.41, 5.74) is 3.95. The first kappa shape index (κ1) is 17.0. The molecule has 128 valence electrons. The lowest BCUT2D eigenvalue weighted by atomic mass is 10.0. The zero-order valence-electron chi connectivity index (χ0n) is 14.7. The molecule has 0 spiro atoms. The fourth-order valence-electron chi connectivity index (χ4n) is 2.99. The van der Waals surface area contributed by atoms with Crippen LogP contribution in [0.2, 0.25) is 0 Å².